The Hall–Kier alpha value is -1.57. The van der Waals surface area contributed by atoms with Crippen molar-refractivity contribution < 1.29 is 4.79 Å². The van der Waals surface area contributed by atoms with Crippen LogP contribution in [0.3, 0.4) is 0 Å². The summed E-state index contributed by atoms with van der Waals surface area (Å²) in [5.74, 6) is 0.0882. The van der Waals surface area contributed by atoms with E-state index in [4.69, 9.17) is 0 Å². The normalized spacial score (nSPS) is 18.3. The highest BCUT2D eigenvalue weighted by Crippen LogP contribution is 2.35. The number of thiazole rings is 2. The highest BCUT2D eigenvalue weighted by Gasteiger charge is 2.31. The van der Waals surface area contributed by atoms with Gasteiger partial charge in [0, 0.05) is 18.1 Å². The fourth-order valence-electron chi connectivity index (χ4n) is 2.86. The fourth-order valence-corrected chi connectivity index (χ4v) is 5.32. The molecule has 3 aromatic heterocycles. The Kier molecular flexibility index (Phi) is 4.24. The molecule has 1 unspecified atom stereocenters. The van der Waals surface area contributed by atoms with E-state index in [-0.39, 0.29) is 11.9 Å². The molecule has 1 saturated heterocycles. The minimum absolute atomic E-state index is 0.0882. The third-order valence-corrected chi connectivity index (χ3v) is 6.85. The molecule has 4 rings (SSSR count). The summed E-state index contributed by atoms with van der Waals surface area (Å²) in [5.41, 5.74) is 0. The van der Waals surface area contributed by atoms with Crippen LogP contribution in [0.4, 0.5) is 0 Å². The van der Waals surface area contributed by atoms with Crippen LogP contribution in [0.2, 0.25) is 0 Å². The van der Waals surface area contributed by atoms with E-state index in [1.807, 2.05) is 34.0 Å². The fraction of sp³-hybridized carbons (Fsp3) is 0.312. The zero-order valence-electron chi connectivity index (χ0n) is 12.3. The number of piperidine rings is 1. The molecule has 1 amide bonds. The molecule has 3 aromatic rings. The molecule has 4 nitrogen and oxygen atoms in total. The predicted molar refractivity (Wildman–Crippen MR) is 95.2 cm³/mol. The molecular weight excluding hydrogens is 346 g/mol. The molecule has 0 radical (unpaired) electrons. The Bertz CT molecular complexity index is 779. The topological polar surface area (TPSA) is 46.1 Å². The Morgan fingerprint density at radius 3 is 2.96 bits per heavy atom. The Morgan fingerprint density at radius 2 is 2.17 bits per heavy atom. The van der Waals surface area contributed by atoms with E-state index < -0.39 is 0 Å². The van der Waals surface area contributed by atoms with Crippen molar-refractivity contribution in [3.05, 3.63) is 45.2 Å². The maximum atomic E-state index is 13.0. The molecule has 1 atom stereocenters. The predicted octanol–water partition coefficient (Wildman–Crippen LogP) is 4.70. The average molecular weight is 362 g/mol. The first kappa shape index (κ1) is 15.0. The molecule has 0 bridgehead atoms. The van der Waals surface area contributed by atoms with Crippen LogP contribution in [-0.2, 0) is 0 Å². The minimum Gasteiger partial charge on any atom is -0.328 e. The largest absolute Gasteiger partial charge is 0.328 e. The van der Waals surface area contributed by atoms with Crippen molar-refractivity contribution in [1.82, 2.24) is 14.9 Å². The van der Waals surface area contributed by atoms with Crippen molar-refractivity contribution in [2.24, 2.45) is 0 Å². The van der Waals surface area contributed by atoms with Crippen molar-refractivity contribution in [3.63, 3.8) is 0 Å². The van der Waals surface area contributed by atoms with Gasteiger partial charge in [-0.25, -0.2) is 9.97 Å². The lowest BCUT2D eigenvalue weighted by molar-refractivity contribution is 0.0616. The SMILES string of the molecule is O=C(c1cnc(-c2cccs2)s1)N1CCCCC1c1nccs1. The summed E-state index contributed by atoms with van der Waals surface area (Å²) in [7, 11) is 0. The van der Waals surface area contributed by atoms with Crippen LogP contribution in [0.25, 0.3) is 9.88 Å². The van der Waals surface area contributed by atoms with E-state index in [0.29, 0.717) is 0 Å². The molecular formula is C16H15N3OS3. The first-order chi connectivity index (χ1) is 11.3. The van der Waals surface area contributed by atoms with E-state index in [1.165, 1.54) is 11.3 Å². The molecule has 23 heavy (non-hydrogen) atoms. The standard InChI is InChI=1S/C16H15N3OS3/c20-16(13-10-18-15(23-13)12-5-3-8-21-12)19-7-2-1-4-11(19)14-17-6-9-22-14/h3,5-6,8-11H,1-2,4,7H2. The molecule has 0 N–H and O–H groups in total. The van der Waals surface area contributed by atoms with E-state index in [9.17, 15) is 4.79 Å². The van der Waals surface area contributed by atoms with Crippen LogP contribution < -0.4 is 0 Å². The monoisotopic (exact) mass is 361 g/mol. The molecule has 0 saturated carbocycles. The van der Waals surface area contributed by atoms with Crippen molar-refractivity contribution in [2.45, 2.75) is 25.3 Å². The van der Waals surface area contributed by atoms with Gasteiger partial charge in [0.1, 0.15) is 14.9 Å². The lowest BCUT2D eigenvalue weighted by atomic mass is 10.0. The second kappa shape index (κ2) is 6.51. The second-order valence-electron chi connectivity index (χ2n) is 5.39. The third-order valence-electron chi connectivity index (χ3n) is 3.95. The van der Waals surface area contributed by atoms with Crippen LogP contribution in [0, 0.1) is 0 Å². The van der Waals surface area contributed by atoms with E-state index in [1.54, 1.807) is 28.9 Å². The molecule has 1 fully saturated rings. The quantitative estimate of drug-likeness (QED) is 0.679. The molecule has 0 aromatic carbocycles. The molecule has 4 heterocycles. The van der Waals surface area contributed by atoms with E-state index in [2.05, 4.69) is 9.97 Å². The highest BCUT2D eigenvalue weighted by atomic mass is 32.1. The summed E-state index contributed by atoms with van der Waals surface area (Å²) < 4.78 is 0. The van der Waals surface area contributed by atoms with Gasteiger partial charge in [-0.1, -0.05) is 6.07 Å². The average Bonchev–Trinajstić information content (AvgIpc) is 3.35. The van der Waals surface area contributed by atoms with Gasteiger partial charge in [0.25, 0.3) is 5.91 Å². The summed E-state index contributed by atoms with van der Waals surface area (Å²) in [6.07, 6.45) is 6.74. The number of rotatable bonds is 3. The summed E-state index contributed by atoms with van der Waals surface area (Å²) in [6.45, 7) is 0.801. The number of carbonyl (C=O) groups is 1. The number of amides is 1. The Balaban J connectivity index is 1.60. The van der Waals surface area contributed by atoms with Gasteiger partial charge in [-0.05, 0) is 30.7 Å². The lowest BCUT2D eigenvalue weighted by Crippen LogP contribution is -2.38. The molecule has 1 aliphatic heterocycles. The number of carbonyl (C=O) groups excluding carboxylic acids is 1. The second-order valence-corrected chi connectivity index (χ2v) is 8.29. The van der Waals surface area contributed by atoms with Crippen molar-refractivity contribution in [1.29, 1.82) is 0 Å². The number of aromatic nitrogens is 2. The molecule has 0 aliphatic carbocycles. The van der Waals surface area contributed by atoms with Gasteiger partial charge in [-0.3, -0.25) is 4.79 Å². The number of likely N-dealkylation sites (tertiary alicyclic amines) is 1. The Morgan fingerprint density at radius 1 is 1.22 bits per heavy atom. The molecule has 7 heteroatoms. The van der Waals surface area contributed by atoms with Crippen LogP contribution in [0.15, 0.2) is 35.3 Å². The van der Waals surface area contributed by atoms with Crippen molar-refractivity contribution >= 4 is 39.9 Å². The smallest absolute Gasteiger partial charge is 0.266 e. The number of nitrogens with zero attached hydrogens (tertiary/aromatic N) is 3. The zero-order chi connectivity index (χ0) is 15.6. The minimum atomic E-state index is 0.0882. The maximum absolute atomic E-state index is 13.0. The van der Waals surface area contributed by atoms with Gasteiger partial charge in [0.2, 0.25) is 0 Å². The van der Waals surface area contributed by atoms with Crippen LogP contribution >= 0.6 is 34.0 Å². The Labute approximate surface area is 146 Å². The summed E-state index contributed by atoms with van der Waals surface area (Å²) in [4.78, 5) is 25.6. The van der Waals surface area contributed by atoms with Crippen LogP contribution in [-0.4, -0.2) is 27.3 Å². The molecule has 0 spiro atoms. The molecule has 1 aliphatic rings. The highest BCUT2D eigenvalue weighted by molar-refractivity contribution is 7.22. The lowest BCUT2D eigenvalue weighted by Gasteiger charge is -2.34. The maximum Gasteiger partial charge on any atom is 0.266 e. The first-order valence-electron chi connectivity index (χ1n) is 7.53. The van der Waals surface area contributed by atoms with E-state index >= 15 is 0 Å². The van der Waals surface area contributed by atoms with Gasteiger partial charge in [0.05, 0.1) is 17.1 Å². The summed E-state index contributed by atoms with van der Waals surface area (Å²) in [6, 6.07) is 4.16. The van der Waals surface area contributed by atoms with Gasteiger partial charge in [-0.2, -0.15) is 0 Å². The van der Waals surface area contributed by atoms with Gasteiger partial charge in [-0.15, -0.1) is 34.0 Å². The zero-order valence-corrected chi connectivity index (χ0v) is 14.8. The van der Waals surface area contributed by atoms with Gasteiger partial charge in [0.15, 0.2) is 0 Å². The van der Waals surface area contributed by atoms with Crippen molar-refractivity contribution in [3.8, 4) is 9.88 Å². The number of hydrogen-bond donors (Lipinski definition) is 0. The number of hydrogen-bond acceptors (Lipinski definition) is 6. The van der Waals surface area contributed by atoms with Crippen LogP contribution in [0.1, 0.15) is 40.0 Å². The van der Waals surface area contributed by atoms with Gasteiger partial charge >= 0.3 is 0 Å². The molecule has 118 valence electrons. The van der Waals surface area contributed by atoms with Gasteiger partial charge < -0.3 is 4.90 Å². The summed E-state index contributed by atoms with van der Waals surface area (Å²) in [5, 5.41) is 5.97. The number of thiophene rings is 1. The first-order valence-corrected chi connectivity index (χ1v) is 10.1. The van der Waals surface area contributed by atoms with Crippen molar-refractivity contribution in [2.75, 3.05) is 6.54 Å². The van der Waals surface area contributed by atoms with Crippen LogP contribution in [0.5, 0.6) is 0 Å². The third kappa shape index (κ3) is 2.96. The van der Waals surface area contributed by atoms with E-state index in [0.717, 1.165) is 45.6 Å². The summed E-state index contributed by atoms with van der Waals surface area (Å²) >= 11 is 4.77.